The largest absolute Gasteiger partial charge is 0.489 e. The molecule has 2 N–H and O–H groups in total. The summed E-state index contributed by atoms with van der Waals surface area (Å²) in [6.45, 7) is 0.391. The summed E-state index contributed by atoms with van der Waals surface area (Å²) in [5, 5.41) is 22.9. The molecule has 1 amide bonds. The van der Waals surface area contributed by atoms with Crippen LogP contribution in [0.3, 0.4) is 0 Å². The number of ether oxygens (including phenoxy) is 1. The van der Waals surface area contributed by atoms with E-state index in [1.165, 1.54) is 12.1 Å². The Hall–Kier alpha value is -4.20. The lowest BCUT2D eigenvalue weighted by Crippen LogP contribution is -2.17. The van der Waals surface area contributed by atoms with Gasteiger partial charge in [-0.1, -0.05) is 36.4 Å². The summed E-state index contributed by atoms with van der Waals surface area (Å²) in [6, 6.07) is 19.6. The molecule has 8 heteroatoms. The van der Waals surface area contributed by atoms with Crippen LogP contribution in [0.2, 0.25) is 0 Å². The number of nitro groups is 1. The number of nitrogens with one attached hydrogen (secondary N) is 1. The summed E-state index contributed by atoms with van der Waals surface area (Å²) >= 11 is 0. The van der Waals surface area contributed by atoms with Crippen molar-refractivity contribution >= 4 is 23.3 Å². The van der Waals surface area contributed by atoms with Gasteiger partial charge in [-0.3, -0.25) is 14.9 Å². The zero-order valence-corrected chi connectivity index (χ0v) is 15.1. The van der Waals surface area contributed by atoms with Crippen LogP contribution in [0.1, 0.15) is 26.3 Å². The average Bonchev–Trinajstić information content (AvgIpc) is 2.73. The van der Waals surface area contributed by atoms with Crippen LogP contribution < -0.4 is 10.1 Å². The monoisotopic (exact) mass is 392 g/mol. The van der Waals surface area contributed by atoms with Gasteiger partial charge in [0, 0.05) is 11.8 Å². The van der Waals surface area contributed by atoms with E-state index < -0.39 is 28.1 Å². The maximum atomic E-state index is 12.5. The maximum absolute atomic E-state index is 12.5. The molecular weight excluding hydrogens is 376 g/mol. The number of carboxylic acids is 1. The summed E-state index contributed by atoms with van der Waals surface area (Å²) < 4.78 is 5.66. The van der Waals surface area contributed by atoms with E-state index in [0.29, 0.717) is 18.0 Å². The molecule has 0 atom stereocenters. The molecule has 0 aromatic heterocycles. The van der Waals surface area contributed by atoms with Crippen molar-refractivity contribution in [3.8, 4) is 5.75 Å². The minimum atomic E-state index is -1.55. The number of hydrogen-bond donors (Lipinski definition) is 2. The molecule has 0 fully saturated rings. The third-order valence-electron chi connectivity index (χ3n) is 4.06. The SMILES string of the molecule is O=C(Nc1ccc(OCc2ccccc2)cc1)c1cccc([N+](=O)[O-])c1C(=O)O. The van der Waals surface area contributed by atoms with Crippen molar-refractivity contribution < 1.29 is 24.4 Å². The molecule has 3 aromatic rings. The Morgan fingerprint density at radius 1 is 0.966 bits per heavy atom. The predicted molar refractivity (Wildman–Crippen MR) is 105 cm³/mol. The van der Waals surface area contributed by atoms with Crippen LogP contribution in [0.25, 0.3) is 0 Å². The lowest BCUT2D eigenvalue weighted by molar-refractivity contribution is -0.385. The van der Waals surface area contributed by atoms with Gasteiger partial charge in [0.15, 0.2) is 0 Å². The average molecular weight is 392 g/mol. The van der Waals surface area contributed by atoms with Crippen molar-refractivity contribution in [2.24, 2.45) is 0 Å². The van der Waals surface area contributed by atoms with E-state index >= 15 is 0 Å². The maximum Gasteiger partial charge on any atom is 0.343 e. The van der Waals surface area contributed by atoms with Gasteiger partial charge >= 0.3 is 5.97 Å². The molecule has 29 heavy (non-hydrogen) atoms. The quantitative estimate of drug-likeness (QED) is 0.461. The number of carbonyl (C=O) groups excluding carboxylic acids is 1. The van der Waals surface area contributed by atoms with Gasteiger partial charge in [-0.05, 0) is 35.9 Å². The Balaban J connectivity index is 1.72. The minimum absolute atomic E-state index is 0.295. The third kappa shape index (κ3) is 4.75. The second-order valence-corrected chi connectivity index (χ2v) is 6.01. The molecule has 3 aromatic carbocycles. The van der Waals surface area contributed by atoms with Gasteiger partial charge in [0.25, 0.3) is 11.6 Å². The highest BCUT2D eigenvalue weighted by atomic mass is 16.6. The first-order chi connectivity index (χ1) is 14.0. The van der Waals surface area contributed by atoms with Gasteiger partial charge < -0.3 is 15.2 Å². The highest BCUT2D eigenvalue weighted by Gasteiger charge is 2.26. The van der Waals surface area contributed by atoms with Gasteiger partial charge in [0.1, 0.15) is 17.9 Å². The Kier molecular flexibility index (Phi) is 5.84. The fourth-order valence-corrected chi connectivity index (χ4v) is 2.68. The molecule has 0 aliphatic rings. The Morgan fingerprint density at radius 3 is 2.28 bits per heavy atom. The smallest absolute Gasteiger partial charge is 0.343 e. The lowest BCUT2D eigenvalue weighted by atomic mass is 10.0. The first-order valence-electron chi connectivity index (χ1n) is 8.54. The number of nitrogens with zero attached hydrogens (tertiary/aromatic N) is 1. The molecule has 3 rings (SSSR count). The van der Waals surface area contributed by atoms with Crippen LogP contribution in [0.4, 0.5) is 11.4 Å². The van der Waals surface area contributed by atoms with Crippen LogP contribution in [0.5, 0.6) is 5.75 Å². The number of aromatic carboxylic acids is 1. The number of carboxylic acid groups (broad SMARTS) is 1. The van der Waals surface area contributed by atoms with Gasteiger partial charge in [-0.2, -0.15) is 0 Å². The summed E-state index contributed by atoms with van der Waals surface area (Å²) in [5.74, 6) is -1.72. The molecule has 0 aliphatic carbocycles. The predicted octanol–water partition coefficient (Wildman–Crippen LogP) is 4.12. The highest BCUT2D eigenvalue weighted by molar-refractivity contribution is 6.12. The molecule has 0 radical (unpaired) electrons. The number of hydrogen-bond acceptors (Lipinski definition) is 5. The highest BCUT2D eigenvalue weighted by Crippen LogP contribution is 2.24. The van der Waals surface area contributed by atoms with Crippen molar-refractivity contribution in [2.45, 2.75) is 6.61 Å². The van der Waals surface area contributed by atoms with E-state index in [4.69, 9.17) is 4.74 Å². The summed E-state index contributed by atoms with van der Waals surface area (Å²) in [5.41, 5.74) is -0.189. The van der Waals surface area contributed by atoms with Crippen molar-refractivity contribution in [1.29, 1.82) is 0 Å². The van der Waals surface area contributed by atoms with Gasteiger partial charge in [0.2, 0.25) is 0 Å². The number of anilines is 1. The van der Waals surface area contributed by atoms with E-state index in [9.17, 15) is 24.8 Å². The van der Waals surface area contributed by atoms with Crippen molar-refractivity contribution in [3.05, 3.63) is 99.6 Å². The first kappa shape index (κ1) is 19.6. The molecule has 0 spiro atoms. The number of carbonyl (C=O) groups is 2. The molecular formula is C21H16N2O6. The molecule has 8 nitrogen and oxygen atoms in total. The van der Waals surface area contributed by atoms with E-state index in [1.54, 1.807) is 24.3 Å². The number of rotatable bonds is 7. The number of benzene rings is 3. The van der Waals surface area contributed by atoms with E-state index in [0.717, 1.165) is 11.6 Å². The second-order valence-electron chi connectivity index (χ2n) is 6.01. The molecule has 0 saturated heterocycles. The lowest BCUT2D eigenvalue weighted by Gasteiger charge is -2.10. The molecule has 0 aliphatic heterocycles. The molecule has 146 valence electrons. The standard InChI is InChI=1S/C21H16N2O6/c24-20(17-7-4-8-18(23(27)28)19(17)21(25)26)22-15-9-11-16(12-10-15)29-13-14-5-2-1-3-6-14/h1-12H,13H2,(H,22,24)(H,25,26). The molecule has 0 unspecified atom stereocenters. The first-order valence-corrected chi connectivity index (χ1v) is 8.54. The van der Waals surface area contributed by atoms with E-state index in [2.05, 4.69) is 5.32 Å². The Bertz CT molecular complexity index is 1050. The summed E-state index contributed by atoms with van der Waals surface area (Å²) in [7, 11) is 0. The van der Waals surface area contributed by atoms with Crippen LogP contribution in [0, 0.1) is 10.1 Å². The van der Waals surface area contributed by atoms with Gasteiger partial charge in [0.05, 0.1) is 10.5 Å². The Labute approximate surface area is 165 Å². The fraction of sp³-hybridized carbons (Fsp3) is 0.0476. The van der Waals surface area contributed by atoms with Crippen LogP contribution in [-0.2, 0) is 6.61 Å². The third-order valence-corrected chi connectivity index (χ3v) is 4.06. The van der Waals surface area contributed by atoms with Crippen LogP contribution >= 0.6 is 0 Å². The molecule has 0 saturated carbocycles. The van der Waals surface area contributed by atoms with Crippen LogP contribution in [-0.4, -0.2) is 21.9 Å². The minimum Gasteiger partial charge on any atom is -0.489 e. The summed E-state index contributed by atoms with van der Waals surface area (Å²) in [6.07, 6.45) is 0. The van der Waals surface area contributed by atoms with Crippen molar-refractivity contribution in [1.82, 2.24) is 0 Å². The number of amides is 1. The zero-order chi connectivity index (χ0) is 20.8. The Morgan fingerprint density at radius 2 is 1.66 bits per heavy atom. The molecule has 0 bridgehead atoms. The second kappa shape index (κ2) is 8.66. The number of nitro benzene ring substituents is 1. The normalized spacial score (nSPS) is 10.2. The topological polar surface area (TPSA) is 119 Å². The molecule has 0 heterocycles. The zero-order valence-electron chi connectivity index (χ0n) is 15.1. The van der Waals surface area contributed by atoms with Gasteiger partial charge in [-0.25, -0.2) is 4.79 Å². The van der Waals surface area contributed by atoms with Gasteiger partial charge in [-0.15, -0.1) is 0 Å². The van der Waals surface area contributed by atoms with Crippen LogP contribution in [0.15, 0.2) is 72.8 Å². The van der Waals surface area contributed by atoms with Crippen molar-refractivity contribution in [3.63, 3.8) is 0 Å². The summed E-state index contributed by atoms with van der Waals surface area (Å²) in [4.78, 5) is 34.1. The fourth-order valence-electron chi connectivity index (χ4n) is 2.68. The van der Waals surface area contributed by atoms with E-state index in [1.807, 2.05) is 30.3 Å². The van der Waals surface area contributed by atoms with E-state index in [-0.39, 0.29) is 5.56 Å². The van der Waals surface area contributed by atoms with Crippen molar-refractivity contribution in [2.75, 3.05) is 5.32 Å².